The molecule has 1 heterocycles. The lowest BCUT2D eigenvalue weighted by molar-refractivity contribution is 0.467. The van der Waals surface area contributed by atoms with Gasteiger partial charge in [0.05, 0.1) is 0 Å². The first-order valence-electron chi connectivity index (χ1n) is 6.08. The lowest BCUT2D eigenvalue weighted by Crippen LogP contribution is -2.28. The smallest absolute Gasteiger partial charge is 0.246 e. The molecule has 0 saturated carbocycles. The second-order valence-electron chi connectivity index (χ2n) is 4.35. The number of hydrogen-bond acceptors (Lipinski definition) is 5. The van der Waals surface area contributed by atoms with Crippen LogP contribution >= 0.6 is 11.6 Å². The molecule has 0 saturated heterocycles. The summed E-state index contributed by atoms with van der Waals surface area (Å²) in [5.41, 5.74) is 3.01. The SMILES string of the molecule is CN(Cc1ccccc1Cl)S(=O)(=O)c1cccnc1NN. The summed E-state index contributed by atoms with van der Waals surface area (Å²) >= 11 is 6.06. The Morgan fingerprint density at radius 3 is 2.67 bits per heavy atom. The minimum Gasteiger partial charge on any atom is -0.307 e. The van der Waals surface area contributed by atoms with Gasteiger partial charge in [0.2, 0.25) is 10.0 Å². The molecule has 3 N–H and O–H groups in total. The maximum Gasteiger partial charge on any atom is 0.246 e. The molecule has 0 spiro atoms. The largest absolute Gasteiger partial charge is 0.307 e. The van der Waals surface area contributed by atoms with E-state index in [9.17, 15) is 8.42 Å². The Bertz CT molecular complexity index is 736. The molecule has 0 atom stereocenters. The van der Waals surface area contributed by atoms with E-state index >= 15 is 0 Å². The van der Waals surface area contributed by atoms with Gasteiger partial charge in [-0.2, -0.15) is 4.31 Å². The standard InChI is InChI=1S/C13H15ClN4O2S/c1-18(9-10-5-2-3-6-11(10)14)21(19,20)12-7-4-8-16-13(12)17-15/h2-8H,9,15H2,1H3,(H,16,17). The van der Waals surface area contributed by atoms with Gasteiger partial charge in [-0.05, 0) is 23.8 Å². The zero-order valence-electron chi connectivity index (χ0n) is 11.3. The number of nitrogen functional groups attached to an aromatic ring is 1. The van der Waals surface area contributed by atoms with Crippen molar-refractivity contribution in [1.82, 2.24) is 9.29 Å². The summed E-state index contributed by atoms with van der Waals surface area (Å²) in [6, 6.07) is 10.1. The first-order chi connectivity index (χ1) is 9.96. The van der Waals surface area contributed by atoms with Crippen LogP contribution in [0.3, 0.4) is 0 Å². The molecule has 0 fully saturated rings. The Labute approximate surface area is 128 Å². The lowest BCUT2D eigenvalue weighted by atomic mass is 10.2. The quantitative estimate of drug-likeness (QED) is 0.646. The van der Waals surface area contributed by atoms with Gasteiger partial charge in [0.25, 0.3) is 0 Å². The molecule has 8 heteroatoms. The number of benzene rings is 1. The number of halogens is 1. The van der Waals surface area contributed by atoms with Gasteiger partial charge in [-0.15, -0.1) is 0 Å². The maximum absolute atomic E-state index is 12.6. The van der Waals surface area contributed by atoms with E-state index in [0.717, 1.165) is 5.56 Å². The average Bonchev–Trinajstić information content (AvgIpc) is 2.49. The summed E-state index contributed by atoms with van der Waals surface area (Å²) < 4.78 is 26.4. The van der Waals surface area contributed by atoms with Crippen molar-refractivity contribution in [1.29, 1.82) is 0 Å². The monoisotopic (exact) mass is 326 g/mol. The van der Waals surface area contributed by atoms with E-state index in [1.807, 2.05) is 0 Å². The molecule has 0 bridgehead atoms. The Kier molecular flexibility index (Phi) is 4.79. The Morgan fingerprint density at radius 2 is 2.00 bits per heavy atom. The maximum atomic E-state index is 12.6. The number of sulfonamides is 1. The van der Waals surface area contributed by atoms with Gasteiger partial charge in [-0.1, -0.05) is 29.8 Å². The molecule has 21 heavy (non-hydrogen) atoms. The predicted molar refractivity (Wildman–Crippen MR) is 82.2 cm³/mol. The topological polar surface area (TPSA) is 88.3 Å². The van der Waals surface area contributed by atoms with Crippen LogP contribution in [0, 0.1) is 0 Å². The number of rotatable bonds is 5. The highest BCUT2D eigenvalue weighted by atomic mass is 35.5. The molecule has 2 aromatic rings. The van der Waals surface area contributed by atoms with Gasteiger partial charge in [0.1, 0.15) is 4.90 Å². The number of nitrogens with one attached hydrogen (secondary N) is 1. The lowest BCUT2D eigenvalue weighted by Gasteiger charge is -2.19. The molecule has 0 aliphatic carbocycles. The Hall–Kier alpha value is -1.67. The van der Waals surface area contributed by atoms with Gasteiger partial charge in [0.15, 0.2) is 5.82 Å². The van der Waals surface area contributed by atoms with E-state index < -0.39 is 10.0 Å². The van der Waals surface area contributed by atoms with Crippen molar-refractivity contribution in [2.24, 2.45) is 5.84 Å². The Balaban J connectivity index is 2.33. The second-order valence-corrected chi connectivity index (χ2v) is 6.77. The molecular weight excluding hydrogens is 312 g/mol. The van der Waals surface area contributed by atoms with Crippen molar-refractivity contribution < 1.29 is 8.42 Å². The highest BCUT2D eigenvalue weighted by Crippen LogP contribution is 2.24. The van der Waals surface area contributed by atoms with Crippen LogP contribution in [0.15, 0.2) is 47.5 Å². The zero-order valence-corrected chi connectivity index (χ0v) is 12.9. The number of aromatic nitrogens is 1. The molecule has 1 aromatic carbocycles. The van der Waals surface area contributed by atoms with Crippen molar-refractivity contribution in [2.45, 2.75) is 11.4 Å². The van der Waals surface area contributed by atoms with E-state index in [2.05, 4.69) is 10.4 Å². The van der Waals surface area contributed by atoms with Crippen molar-refractivity contribution in [2.75, 3.05) is 12.5 Å². The highest BCUT2D eigenvalue weighted by Gasteiger charge is 2.25. The molecule has 0 aliphatic rings. The number of anilines is 1. The average molecular weight is 327 g/mol. The Morgan fingerprint density at radius 1 is 1.29 bits per heavy atom. The first-order valence-corrected chi connectivity index (χ1v) is 7.90. The third-order valence-electron chi connectivity index (χ3n) is 2.95. The molecule has 2 rings (SSSR count). The van der Waals surface area contributed by atoms with Gasteiger partial charge in [0, 0.05) is 24.8 Å². The van der Waals surface area contributed by atoms with Crippen LogP contribution in [-0.4, -0.2) is 24.8 Å². The van der Waals surface area contributed by atoms with Gasteiger partial charge in [-0.25, -0.2) is 19.2 Å². The van der Waals surface area contributed by atoms with Crippen molar-refractivity contribution >= 4 is 27.4 Å². The minimum absolute atomic E-state index is 0.0158. The van der Waals surface area contributed by atoms with Crippen LogP contribution in [0.5, 0.6) is 0 Å². The fourth-order valence-corrected chi connectivity index (χ4v) is 3.27. The van der Waals surface area contributed by atoms with Gasteiger partial charge >= 0.3 is 0 Å². The third-order valence-corrected chi connectivity index (χ3v) is 5.15. The van der Waals surface area contributed by atoms with Crippen LogP contribution in [0.4, 0.5) is 5.82 Å². The summed E-state index contributed by atoms with van der Waals surface area (Å²) in [5.74, 6) is 5.41. The van der Waals surface area contributed by atoms with Gasteiger partial charge < -0.3 is 5.43 Å². The van der Waals surface area contributed by atoms with E-state index in [0.29, 0.717) is 5.02 Å². The van der Waals surface area contributed by atoms with Gasteiger partial charge in [-0.3, -0.25) is 0 Å². The van der Waals surface area contributed by atoms with E-state index in [1.165, 1.54) is 29.7 Å². The molecule has 112 valence electrons. The van der Waals surface area contributed by atoms with Crippen molar-refractivity contribution in [3.05, 3.63) is 53.2 Å². The number of hydrogen-bond donors (Lipinski definition) is 2. The third kappa shape index (κ3) is 3.33. The minimum atomic E-state index is -3.73. The van der Waals surface area contributed by atoms with Crippen molar-refractivity contribution in [3.63, 3.8) is 0 Å². The summed E-state index contributed by atoms with van der Waals surface area (Å²) in [6.45, 7) is 0.154. The van der Waals surface area contributed by atoms with E-state index in [-0.39, 0.29) is 17.3 Å². The van der Waals surface area contributed by atoms with E-state index in [1.54, 1.807) is 24.3 Å². The fraction of sp³-hybridized carbons (Fsp3) is 0.154. The zero-order chi connectivity index (χ0) is 15.5. The van der Waals surface area contributed by atoms with Crippen LogP contribution < -0.4 is 11.3 Å². The predicted octanol–water partition coefficient (Wildman–Crippen LogP) is 1.84. The molecule has 0 amide bonds. The number of nitrogens with two attached hydrogens (primary N) is 1. The highest BCUT2D eigenvalue weighted by molar-refractivity contribution is 7.89. The first kappa shape index (κ1) is 15.7. The summed E-state index contributed by atoms with van der Waals surface area (Å²) in [4.78, 5) is 3.92. The summed E-state index contributed by atoms with van der Waals surface area (Å²) in [6.07, 6.45) is 1.46. The molecular formula is C13H15ClN4O2S. The normalized spacial score (nSPS) is 11.6. The van der Waals surface area contributed by atoms with Crippen LogP contribution in [0.2, 0.25) is 5.02 Å². The number of nitrogens with zero attached hydrogens (tertiary/aromatic N) is 2. The summed E-state index contributed by atoms with van der Waals surface area (Å²) in [7, 11) is -2.25. The molecule has 6 nitrogen and oxygen atoms in total. The van der Waals surface area contributed by atoms with E-state index in [4.69, 9.17) is 17.4 Å². The summed E-state index contributed by atoms with van der Waals surface area (Å²) in [5, 5.41) is 0.517. The van der Waals surface area contributed by atoms with Crippen LogP contribution in [-0.2, 0) is 16.6 Å². The number of pyridine rings is 1. The van der Waals surface area contributed by atoms with Crippen molar-refractivity contribution in [3.8, 4) is 0 Å². The molecule has 0 radical (unpaired) electrons. The van der Waals surface area contributed by atoms with Crippen LogP contribution in [0.1, 0.15) is 5.56 Å². The second kappa shape index (κ2) is 6.40. The number of hydrazine groups is 1. The molecule has 0 unspecified atom stereocenters. The molecule has 0 aliphatic heterocycles. The van der Waals surface area contributed by atoms with Crippen LogP contribution in [0.25, 0.3) is 0 Å². The molecule has 1 aromatic heterocycles. The fourth-order valence-electron chi connectivity index (χ4n) is 1.83.